The van der Waals surface area contributed by atoms with Crippen LogP contribution in [0.5, 0.6) is 0 Å². The predicted molar refractivity (Wildman–Crippen MR) is 127 cm³/mol. The Hall–Kier alpha value is -2.40. The standard InChI is InChI=1S/C25H36N4O/c1-3-9-19(4-2)15-17-29-16-8-12-21(18-29)24(26)28-25(30)27-23-14-7-11-20-10-5-6-13-22(20)23/h5-7,10-11,13-14,19,21H,3-4,8-9,12,15-18H2,1-2H3,(H3,26,27,28,30). The van der Waals surface area contributed by atoms with E-state index in [4.69, 9.17) is 5.73 Å². The summed E-state index contributed by atoms with van der Waals surface area (Å²) in [6.07, 6.45) is 7.17. The number of rotatable bonds is 8. The SMILES string of the molecule is CCCC(CC)CCN1CCCC(/C(N)=N/C(=O)Nc2cccc3ccccc23)C1. The maximum atomic E-state index is 12.5. The van der Waals surface area contributed by atoms with Crippen molar-refractivity contribution >= 4 is 28.3 Å². The first-order valence-electron chi connectivity index (χ1n) is 11.5. The van der Waals surface area contributed by atoms with Crippen LogP contribution in [0.4, 0.5) is 10.5 Å². The molecule has 0 bridgehead atoms. The summed E-state index contributed by atoms with van der Waals surface area (Å²) in [6.45, 7) is 7.69. The van der Waals surface area contributed by atoms with Crippen molar-refractivity contribution < 1.29 is 4.79 Å². The van der Waals surface area contributed by atoms with Gasteiger partial charge in [0.25, 0.3) is 0 Å². The summed E-state index contributed by atoms with van der Waals surface area (Å²) >= 11 is 0. The highest BCUT2D eigenvalue weighted by atomic mass is 16.2. The lowest BCUT2D eigenvalue weighted by Gasteiger charge is -2.33. The van der Waals surface area contributed by atoms with E-state index in [1.54, 1.807) is 0 Å². The smallest absolute Gasteiger partial charge is 0.347 e. The van der Waals surface area contributed by atoms with Crippen molar-refractivity contribution in [1.82, 2.24) is 4.90 Å². The van der Waals surface area contributed by atoms with Crippen LogP contribution in [0.25, 0.3) is 10.8 Å². The second-order valence-corrected chi connectivity index (χ2v) is 8.48. The summed E-state index contributed by atoms with van der Waals surface area (Å²) in [5.74, 6) is 1.43. The zero-order valence-corrected chi connectivity index (χ0v) is 18.4. The molecule has 3 N–H and O–H groups in total. The van der Waals surface area contributed by atoms with Gasteiger partial charge in [0.15, 0.2) is 0 Å². The number of nitrogens with two attached hydrogens (primary N) is 1. The molecule has 1 fully saturated rings. The average Bonchev–Trinajstić information content (AvgIpc) is 2.77. The molecule has 1 aliphatic heterocycles. The van der Waals surface area contributed by atoms with Gasteiger partial charge in [-0.05, 0) is 49.7 Å². The molecular formula is C25H36N4O. The Morgan fingerprint density at radius 1 is 1.20 bits per heavy atom. The van der Waals surface area contributed by atoms with Gasteiger partial charge >= 0.3 is 6.03 Å². The zero-order chi connectivity index (χ0) is 21.3. The van der Waals surface area contributed by atoms with Crippen molar-refractivity contribution in [3.63, 3.8) is 0 Å². The molecule has 2 aromatic carbocycles. The fraction of sp³-hybridized carbons (Fsp3) is 0.520. The number of benzene rings is 2. The van der Waals surface area contributed by atoms with E-state index in [9.17, 15) is 4.79 Å². The van der Waals surface area contributed by atoms with Crippen LogP contribution in [-0.2, 0) is 0 Å². The Morgan fingerprint density at radius 2 is 2.00 bits per heavy atom. The van der Waals surface area contributed by atoms with Gasteiger partial charge in [0.05, 0.1) is 5.69 Å². The second kappa shape index (κ2) is 11.1. The number of hydrogen-bond acceptors (Lipinski definition) is 2. The summed E-state index contributed by atoms with van der Waals surface area (Å²) in [4.78, 5) is 19.2. The number of carbonyl (C=O) groups excluding carboxylic acids is 1. The predicted octanol–water partition coefficient (Wildman–Crippen LogP) is 5.66. The number of likely N-dealkylation sites (tertiary alicyclic amines) is 1. The molecule has 2 atom stereocenters. The van der Waals surface area contributed by atoms with Crippen LogP contribution >= 0.6 is 0 Å². The monoisotopic (exact) mass is 408 g/mol. The zero-order valence-electron chi connectivity index (χ0n) is 18.4. The molecule has 0 spiro atoms. The Morgan fingerprint density at radius 3 is 2.80 bits per heavy atom. The Kier molecular flexibility index (Phi) is 8.26. The van der Waals surface area contributed by atoms with Gasteiger partial charge in [-0.3, -0.25) is 0 Å². The number of aliphatic imine (C=N–C) groups is 1. The number of fused-ring (bicyclic) bond motifs is 1. The number of carbonyl (C=O) groups is 1. The number of piperidine rings is 1. The molecule has 2 amide bonds. The molecule has 162 valence electrons. The molecular weight excluding hydrogens is 372 g/mol. The van der Waals surface area contributed by atoms with Gasteiger partial charge in [0, 0.05) is 17.8 Å². The normalized spacial score (nSPS) is 19.0. The lowest BCUT2D eigenvalue weighted by atomic mass is 9.94. The molecule has 5 heteroatoms. The number of amides is 2. The van der Waals surface area contributed by atoms with E-state index in [1.807, 2.05) is 42.5 Å². The molecule has 0 radical (unpaired) electrons. The summed E-state index contributed by atoms with van der Waals surface area (Å²) in [5.41, 5.74) is 7.04. The molecule has 0 aromatic heterocycles. The quantitative estimate of drug-likeness (QED) is 0.437. The van der Waals surface area contributed by atoms with E-state index in [0.717, 1.165) is 54.9 Å². The molecule has 0 saturated carbocycles. The minimum absolute atomic E-state index is 0.156. The van der Waals surface area contributed by atoms with Crippen LogP contribution in [-0.4, -0.2) is 36.4 Å². The number of nitrogens with zero attached hydrogens (tertiary/aromatic N) is 2. The van der Waals surface area contributed by atoms with E-state index in [0.29, 0.717) is 5.84 Å². The fourth-order valence-electron chi connectivity index (χ4n) is 4.51. The molecule has 2 aromatic rings. The highest BCUT2D eigenvalue weighted by Gasteiger charge is 2.23. The van der Waals surface area contributed by atoms with Crippen LogP contribution in [0.2, 0.25) is 0 Å². The van der Waals surface area contributed by atoms with Gasteiger partial charge < -0.3 is 16.0 Å². The van der Waals surface area contributed by atoms with Crippen LogP contribution in [0.3, 0.4) is 0 Å². The van der Waals surface area contributed by atoms with Crippen LogP contribution in [0.1, 0.15) is 52.4 Å². The van der Waals surface area contributed by atoms with Crippen LogP contribution in [0.15, 0.2) is 47.5 Å². The number of hydrogen-bond donors (Lipinski definition) is 2. The number of anilines is 1. The second-order valence-electron chi connectivity index (χ2n) is 8.48. The largest absolute Gasteiger partial charge is 0.387 e. The minimum Gasteiger partial charge on any atom is -0.387 e. The Balaban J connectivity index is 1.58. The fourth-order valence-corrected chi connectivity index (χ4v) is 4.51. The molecule has 30 heavy (non-hydrogen) atoms. The van der Waals surface area contributed by atoms with Gasteiger partial charge in [0.2, 0.25) is 0 Å². The van der Waals surface area contributed by atoms with Crippen LogP contribution in [0, 0.1) is 11.8 Å². The van der Waals surface area contributed by atoms with Gasteiger partial charge in [-0.1, -0.05) is 69.5 Å². The Bertz CT molecular complexity index is 858. The first-order valence-corrected chi connectivity index (χ1v) is 11.5. The third-order valence-electron chi connectivity index (χ3n) is 6.31. The Labute approximate surface area is 180 Å². The third kappa shape index (κ3) is 6.05. The molecule has 1 aliphatic rings. The third-order valence-corrected chi connectivity index (χ3v) is 6.31. The highest BCUT2D eigenvalue weighted by molar-refractivity contribution is 6.05. The average molecular weight is 409 g/mol. The van der Waals surface area contributed by atoms with Gasteiger partial charge in [-0.15, -0.1) is 0 Å². The summed E-state index contributed by atoms with van der Waals surface area (Å²) < 4.78 is 0. The van der Waals surface area contributed by atoms with Gasteiger partial charge in [-0.2, -0.15) is 4.99 Å². The molecule has 3 rings (SSSR count). The lowest BCUT2D eigenvalue weighted by molar-refractivity contribution is 0.188. The van der Waals surface area contributed by atoms with E-state index in [1.165, 1.54) is 25.7 Å². The van der Waals surface area contributed by atoms with Gasteiger partial charge in [0.1, 0.15) is 5.84 Å². The number of nitrogens with one attached hydrogen (secondary N) is 1. The van der Waals surface area contributed by atoms with Gasteiger partial charge in [-0.25, -0.2) is 4.79 Å². The first kappa shape index (κ1) is 22.3. The minimum atomic E-state index is -0.394. The van der Waals surface area contributed by atoms with E-state index in [-0.39, 0.29) is 5.92 Å². The molecule has 0 aliphatic carbocycles. The molecule has 1 saturated heterocycles. The lowest BCUT2D eigenvalue weighted by Crippen LogP contribution is -2.42. The molecule has 2 unspecified atom stereocenters. The van der Waals surface area contributed by atoms with Crippen molar-refractivity contribution in [2.45, 2.75) is 52.4 Å². The molecule has 1 heterocycles. The van der Waals surface area contributed by atoms with E-state index >= 15 is 0 Å². The van der Waals surface area contributed by atoms with Crippen molar-refractivity contribution in [2.75, 3.05) is 25.0 Å². The topological polar surface area (TPSA) is 70.7 Å². The van der Waals surface area contributed by atoms with Crippen LogP contribution < -0.4 is 11.1 Å². The highest BCUT2D eigenvalue weighted by Crippen LogP contribution is 2.24. The van der Waals surface area contributed by atoms with E-state index < -0.39 is 6.03 Å². The maximum Gasteiger partial charge on any atom is 0.347 e. The summed E-state index contributed by atoms with van der Waals surface area (Å²) in [7, 11) is 0. The molecule has 5 nitrogen and oxygen atoms in total. The van der Waals surface area contributed by atoms with E-state index in [2.05, 4.69) is 29.1 Å². The summed E-state index contributed by atoms with van der Waals surface area (Å²) in [5, 5.41) is 5.00. The van der Waals surface area contributed by atoms with Crippen molar-refractivity contribution in [3.8, 4) is 0 Å². The summed E-state index contributed by atoms with van der Waals surface area (Å²) in [6, 6.07) is 13.5. The number of amidine groups is 1. The van der Waals surface area contributed by atoms with Crippen molar-refractivity contribution in [1.29, 1.82) is 0 Å². The van der Waals surface area contributed by atoms with Crippen molar-refractivity contribution in [2.24, 2.45) is 22.6 Å². The van der Waals surface area contributed by atoms with Crippen molar-refractivity contribution in [3.05, 3.63) is 42.5 Å². The first-order chi connectivity index (χ1) is 14.6. The maximum absolute atomic E-state index is 12.5. The number of urea groups is 1.